The van der Waals surface area contributed by atoms with Crippen molar-refractivity contribution in [2.24, 2.45) is 0 Å². The first-order valence-electron chi connectivity index (χ1n) is 8.64. The van der Waals surface area contributed by atoms with Crippen LogP contribution in [0.4, 0.5) is 0 Å². The molecule has 5 heteroatoms. The van der Waals surface area contributed by atoms with Gasteiger partial charge in [0.25, 0.3) is 0 Å². The third-order valence-electron chi connectivity index (χ3n) is 5.06. The van der Waals surface area contributed by atoms with Gasteiger partial charge in [-0.25, -0.2) is 0 Å². The van der Waals surface area contributed by atoms with Crippen molar-refractivity contribution in [3.05, 3.63) is 48.0 Å². The monoisotopic (exact) mass is 312 g/mol. The molecule has 1 saturated carbocycles. The zero-order valence-corrected chi connectivity index (χ0v) is 13.5. The topological polar surface area (TPSA) is 43.2 Å². The van der Waals surface area contributed by atoms with Gasteiger partial charge in [0.15, 0.2) is 0 Å². The van der Waals surface area contributed by atoms with E-state index in [1.165, 1.54) is 36.9 Å². The fourth-order valence-electron chi connectivity index (χ4n) is 3.79. The van der Waals surface area contributed by atoms with Crippen molar-refractivity contribution in [1.82, 2.24) is 19.7 Å². The van der Waals surface area contributed by atoms with Crippen molar-refractivity contribution in [1.29, 1.82) is 0 Å². The van der Waals surface area contributed by atoms with Crippen LogP contribution in [0.5, 0.6) is 0 Å². The van der Waals surface area contributed by atoms with Gasteiger partial charge >= 0.3 is 0 Å². The van der Waals surface area contributed by atoms with Gasteiger partial charge < -0.3 is 4.74 Å². The Morgan fingerprint density at radius 1 is 1.04 bits per heavy atom. The van der Waals surface area contributed by atoms with E-state index in [-0.39, 0.29) is 6.10 Å². The van der Waals surface area contributed by atoms with Crippen LogP contribution in [0.15, 0.2) is 36.8 Å². The lowest BCUT2D eigenvalue weighted by molar-refractivity contribution is 0.000580. The van der Waals surface area contributed by atoms with Gasteiger partial charge in [0.2, 0.25) is 0 Å². The van der Waals surface area contributed by atoms with Crippen molar-refractivity contribution in [3.8, 4) is 0 Å². The van der Waals surface area contributed by atoms with Gasteiger partial charge in [-0.05, 0) is 36.6 Å². The minimum absolute atomic E-state index is 0.185. The standard InChI is InChI=1S/C18H24N4O/c1-2-4-16(3-1)21-11-17-7-10-20-22(17)13-18(12-21)23-14-15-5-8-19-9-6-15/h5-10,16,18H,1-4,11-14H2/t18-/m0/s1. The number of aromatic nitrogens is 3. The number of nitrogens with zero attached hydrogens (tertiary/aromatic N) is 4. The quantitative estimate of drug-likeness (QED) is 0.870. The van der Waals surface area contributed by atoms with E-state index in [4.69, 9.17) is 4.74 Å². The molecule has 0 unspecified atom stereocenters. The molecule has 0 amide bonds. The Hall–Kier alpha value is -1.72. The van der Waals surface area contributed by atoms with Crippen LogP contribution in [0.25, 0.3) is 0 Å². The molecule has 0 bridgehead atoms. The van der Waals surface area contributed by atoms with Crippen LogP contribution >= 0.6 is 0 Å². The van der Waals surface area contributed by atoms with E-state index < -0.39 is 0 Å². The Labute approximate surface area is 137 Å². The molecule has 2 aromatic rings. The van der Waals surface area contributed by atoms with Crippen molar-refractivity contribution in [2.75, 3.05) is 6.54 Å². The minimum atomic E-state index is 0.185. The number of rotatable bonds is 4. The van der Waals surface area contributed by atoms with Gasteiger partial charge in [-0.3, -0.25) is 14.6 Å². The van der Waals surface area contributed by atoms with Crippen LogP contribution in [0.2, 0.25) is 0 Å². The molecule has 0 saturated heterocycles. The molecule has 23 heavy (non-hydrogen) atoms. The first kappa shape index (κ1) is 14.8. The summed E-state index contributed by atoms with van der Waals surface area (Å²) in [7, 11) is 0. The molecule has 0 N–H and O–H groups in total. The van der Waals surface area contributed by atoms with Crippen LogP contribution < -0.4 is 0 Å². The predicted octanol–water partition coefficient (Wildman–Crippen LogP) is 2.62. The van der Waals surface area contributed by atoms with E-state index in [2.05, 4.69) is 25.7 Å². The Balaban J connectivity index is 1.47. The first-order chi connectivity index (χ1) is 11.4. The largest absolute Gasteiger partial charge is 0.370 e. The summed E-state index contributed by atoms with van der Waals surface area (Å²) in [4.78, 5) is 6.68. The van der Waals surface area contributed by atoms with Crippen LogP contribution in [0.1, 0.15) is 36.9 Å². The van der Waals surface area contributed by atoms with Crippen molar-refractivity contribution < 1.29 is 4.74 Å². The van der Waals surface area contributed by atoms with Gasteiger partial charge in [-0.15, -0.1) is 0 Å². The van der Waals surface area contributed by atoms with E-state index in [9.17, 15) is 0 Å². The molecule has 5 nitrogen and oxygen atoms in total. The van der Waals surface area contributed by atoms with Crippen LogP contribution in [-0.2, 0) is 24.4 Å². The molecule has 0 aromatic carbocycles. The maximum atomic E-state index is 6.23. The third-order valence-corrected chi connectivity index (χ3v) is 5.06. The summed E-state index contributed by atoms with van der Waals surface area (Å²) in [5, 5.41) is 4.48. The molecular weight excluding hydrogens is 288 g/mol. The summed E-state index contributed by atoms with van der Waals surface area (Å²) in [5.41, 5.74) is 2.49. The molecular formula is C18H24N4O. The molecule has 2 aromatic heterocycles. The Morgan fingerprint density at radius 2 is 1.87 bits per heavy atom. The lowest BCUT2D eigenvalue weighted by atomic mass is 10.2. The molecule has 0 spiro atoms. The second-order valence-corrected chi connectivity index (χ2v) is 6.66. The van der Waals surface area contributed by atoms with Gasteiger partial charge in [0, 0.05) is 37.7 Å². The number of pyridine rings is 1. The summed E-state index contributed by atoms with van der Waals surface area (Å²) in [6.07, 6.45) is 11.1. The smallest absolute Gasteiger partial charge is 0.0902 e. The van der Waals surface area contributed by atoms with Crippen LogP contribution in [0, 0.1) is 0 Å². The maximum absolute atomic E-state index is 6.23. The molecule has 122 valence electrons. The average molecular weight is 312 g/mol. The lowest BCUT2D eigenvalue weighted by Gasteiger charge is -2.29. The highest BCUT2D eigenvalue weighted by molar-refractivity contribution is 5.08. The molecule has 1 atom stereocenters. The highest BCUT2D eigenvalue weighted by atomic mass is 16.5. The van der Waals surface area contributed by atoms with E-state index in [1.54, 1.807) is 0 Å². The van der Waals surface area contributed by atoms with Crippen molar-refractivity contribution >= 4 is 0 Å². The van der Waals surface area contributed by atoms with Crippen LogP contribution in [-0.4, -0.2) is 38.4 Å². The van der Waals surface area contributed by atoms with E-state index in [0.717, 1.165) is 19.6 Å². The second kappa shape index (κ2) is 6.81. The highest BCUT2D eigenvalue weighted by Crippen LogP contribution is 2.27. The summed E-state index contributed by atoms with van der Waals surface area (Å²) < 4.78 is 8.35. The van der Waals surface area contributed by atoms with Gasteiger partial charge in [-0.2, -0.15) is 5.10 Å². The molecule has 1 fully saturated rings. The van der Waals surface area contributed by atoms with Crippen molar-refractivity contribution in [3.63, 3.8) is 0 Å². The van der Waals surface area contributed by atoms with Gasteiger partial charge in [0.1, 0.15) is 0 Å². The van der Waals surface area contributed by atoms with Gasteiger partial charge in [-0.1, -0.05) is 12.8 Å². The molecule has 2 aliphatic rings. The fourth-order valence-corrected chi connectivity index (χ4v) is 3.79. The third kappa shape index (κ3) is 3.46. The molecule has 3 heterocycles. The van der Waals surface area contributed by atoms with Gasteiger partial charge in [0.05, 0.1) is 24.9 Å². The molecule has 4 rings (SSSR count). The second-order valence-electron chi connectivity index (χ2n) is 6.66. The van der Waals surface area contributed by atoms with E-state index in [0.29, 0.717) is 12.6 Å². The maximum Gasteiger partial charge on any atom is 0.0902 e. The SMILES string of the molecule is c1cc(CO[C@H]2CN(C3CCCC3)Cc3ccnn3C2)ccn1. The lowest BCUT2D eigenvalue weighted by Crippen LogP contribution is -2.38. The number of ether oxygens (including phenoxy) is 1. The first-order valence-corrected chi connectivity index (χ1v) is 8.64. The zero-order valence-electron chi connectivity index (χ0n) is 13.5. The number of fused-ring (bicyclic) bond motifs is 1. The summed E-state index contributed by atoms with van der Waals surface area (Å²) in [6.45, 7) is 3.48. The normalized spacial score (nSPS) is 22.9. The molecule has 1 aliphatic heterocycles. The minimum Gasteiger partial charge on any atom is -0.370 e. The summed E-state index contributed by atoms with van der Waals surface area (Å²) >= 11 is 0. The Bertz CT molecular complexity index is 621. The van der Waals surface area contributed by atoms with E-state index in [1.807, 2.05) is 30.7 Å². The average Bonchev–Trinajstić information content (AvgIpc) is 3.23. The molecule has 1 aliphatic carbocycles. The van der Waals surface area contributed by atoms with Crippen LogP contribution in [0.3, 0.4) is 0 Å². The predicted molar refractivity (Wildman–Crippen MR) is 87.7 cm³/mol. The highest BCUT2D eigenvalue weighted by Gasteiger charge is 2.29. The number of hydrogen-bond acceptors (Lipinski definition) is 4. The summed E-state index contributed by atoms with van der Waals surface area (Å²) in [5.74, 6) is 0. The number of hydrogen-bond donors (Lipinski definition) is 0. The molecule has 0 radical (unpaired) electrons. The zero-order chi connectivity index (χ0) is 15.5. The summed E-state index contributed by atoms with van der Waals surface area (Å²) in [6, 6.07) is 6.89. The Morgan fingerprint density at radius 3 is 2.70 bits per heavy atom. The Kier molecular flexibility index (Phi) is 4.39. The fraction of sp³-hybridized carbons (Fsp3) is 0.556. The van der Waals surface area contributed by atoms with Crippen molar-refractivity contribution in [2.45, 2.75) is 57.5 Å². The van der Waals surface area contributed by atoms with E-state index >= 15 is 0 Å².